The van der Waals surface area contributed by atoms with Crippen LogP contribution < -0.4 is 11.1 Å². The lowest BCUT2D eigenvalue weighted by Crippen LogP contribution is -2.64. The van der Waals surface area contributed by atoms with Gasteiger partial charge in [0.05, 0.1) is 13.2 Å². The number of nitrogens with one attached hydrogen (secondary N) is 1. The molecule has 9 heteroatoms. The number of carbonyl (C=O) groups is 2. The van der Waals surface area contributed by atoms with Crippen LogP contribution in [0.5, 0.6) is 0 Å². The molecule has 1 saturated heterocycles. The predicted molar refractivity (Wildman–Crippen MR) is 134 cm³/mol. The molecule has 192 valence electrons. The largest absolute Gasteiger partial charge is 0.480 e. The number of nitrogens with zero attached hydrogens (tertiary/aromatic N) is 1. The minimum absolute atomic E-state index is 0.106. The number of hydrogen-bond donors (Lipinski definition) is 3. The van der Waals surface area contributed by atoms with Gasteiger partial charge in [-0.2, -0.15) is 0 Å². The summed E-state index contributed by atoms with van der Waals surface area (Å²) in [6.07, 6.45) is -3.14. The van der Waals surface area contributed by atoms with Gasteiger partial charge in [-0.1, -0.05) is 24.0 Å². The van der Waals surface area contributed by atoms with E-state index in [0.717, 1.165) is 45.3 Å². The zero-order valence-corrected chi connectivity index (χ0v) is 20.2. The zero-order chi connectivity index (χ0) is 26.7. The van der Waals surface area contributed by atoms with Gasteiger partial charge in [-0.3, -0.25) is 9.69 Å². The molecule has 1 heterocycles. The van der Waals surface area contributed by atoms with Crippen molar-refractivity contribution >= 4 is 11.9 Å². The number of rotatable bonds is 7. The second-order valence-corrected chi connectivity index (χ2v) is 8.32. The molecule has 2 atom stereocenters. The van der Waals surface area contributed by atoms with E-state index in [-0.39, 0.29) is 5.56 Å². The van der Waals surface area contributed by atoms with Crippen molar-refractivity contribution in [2.24, 2.45) is 5.73 Å². The van der Waals surface area contributed by atoms with E-state index in [9.17, 15) is 23.5 Å². The van der Waals surface area contributed by atoms with Gasteiger partial charge in [-0.25, -0.2) is 13.6 Å². The highest BCUT2D eigenvalue weighted by Crippen LogP contribution is 2.18. The number of halogens is 2. The lowest BCUT2D eigenvalue weighted by Gasteiger charge is -2.30. The van der Waals surface area contributed by atoms with E-state index in [1.165, 1.54) is 17.7 Å². The number of carboxylic acids is 1. The summed E-state index contributed by atoms with van der Waals surface area (Å²) in [5, 5.41) is 11.3. The Hall–Kier alpha value is -3.58. The van der Waals surface area contributed by atoms with Gasteiger partial charge in [-0.05, 0) is 48.9 Å². The van der Waals surface area contributed by atoms with Gasteiger partial charge in [0.1, 0.15) is 5.54 Å². The fourth-order valence-corrected chi connectivity index (χ4v) is 3.38. The molecular formula is C27H31F2N3O4. The van der Waals surface area contributed by atoms with Gasteiger partial charge in [0.15, 0.2) is 6.04 Å². The number of amides is 1. The molecule has 2 unspecified atom stereocenters. The molecule has 3 rings (SSSR count). The van der Waals surface area contributed by atoms with Gasteiger partial charge in [0.25, 0.3) is 12.3 Å². The minimum Gasteiger partial charge on any atom is -0.480 e. The lowest BCUT2D eigenvalue weighted by atomic mass is 9.93. The maximum Gasteiger partial charge on any atom is 0.328 e. The average Bonchev–Trinajstić information content (AvgIpc) is 2.88. The monoisotopic (exact) mass is 499 g/mol. The minimum atomic E-state index is -3.14. The highest BCUT2D eigenvalue weighted by Gasteiger charge is 2.44. The molecule has 2 aromatic carbocycles. The van der Waals surface area contributed by atoms with E-state index in [2.05, 4.69) is 35.2 Å². The quantitative estimate of drug-likeness (QED) is 0.400. The molecule has 1 fully saturated rings. The van der Waals surface area contributed by atoms with Crippen LogP contribution in [0.2, 0.25) is 0 Å². The number of ether oxygens (including phenoxy) is 1. The highest BCUT2D eigenvalue weighted by molar-refractivity contribution is 5.97. The topological polar surface area (TPSA) is 105 Å². The van der Waals surface area contributed by atoms with Crippen molar-refractivity contribution < 1.29 is 28.2 Å². The molecule has 36 heavy (non-hydrogen) atoms. The number of hydrogen-bond acceptors (Lipinski definition) is 5. The van der Waals surface area contributed by atoms with Gasteiger partial charge in [0.2, 0.25) is 0 Å². The second kappa shape index (κ2) is 13.5. The van der Waals surface area contributed by atoms with E-state index in [4.69, 9.17) is 10.5 Å². The number of benzene rings is 2. The van der Waals surface area contributed by atoms with Crippen molar-refractivity contribution in [1.29, 1.82) is 0 Å². The summed E-state index contributed by atoms with van der Waals surface area (Å²) in [6.45, 7) is 11.1. The smallest absolute Gasteiger partial charge is 0.328 e. The molecule has 0 saturated carbocycles. The van der Waals surface area contributed by atoms with E-state index < -0.39 is 29.9 Å². The third kappa shape index (κ3) is 7.99. The number of nitrogens with two attached hydrogens (primary N) is 1. The number of morpholine rings is 1. The van der Waals surface area contributed by atoms with E-state index >= 15 is 0 Å². The number of carboxylic acid groups (broad SMARTS) is 1. The summed E-state index contributed by atoms with van der Waals surface area (Å²) in [5.41, 5.74) is 5.79. The van der Waals surface area contributed by atoms with Crippen LogP contribution in [0.15, 0.2) is 61.7 Å². The third-order valence-electron chi connectivity index (χ3n) is 5.58. The van der Waals surface area contributed by atoms with Gasteiger partial charge in [-0.15, -0.1) is 13.2 Å². The van der Waals surface area contributed by atoms with E-state index in [0.29, 0.717) is 5.56 Å². The SMILES string of the molecule is C=C.CC(N)(C(F)F)C(NC(=O)c1ccc(C#Cc2ccc(CN3CCOCC3)cc2)cc1)C(=O)O. The van der Waals surface area contributed by atoms with Crippen LogP contribution in [-0.4, -0.2) is 66.2 Å². The fourth-order valence-electron chi connectivity index (χ4n) is 3.38. The van der Waals surface area contributed by atoms with Crippen LogP contribution in [-0.2, 0) is 16.1 Å². The van der Waals surface area contributed by atoms with Crippen LogP contribution in [0.1, 0.15) is 34.0 Å². The Morgan fingerprint density at radius 2 is 1.58 bits per heavy atom. The molecule has 0 spiro atoms. The third-order valence-corrected chi connectivity index (χ3v) is 5.58. The van der Waals surface area contributed by atoms with Crippen LogP contribution in [0, 0.1) is 11.8 Å². The predicted octanol–water partition coefficient (Wildman–Crippen LogP) is 2.89. The van der Waals surface area contributed by atoms with E-state index in [1.807, 2.05) is 24.3 Å². The first kappa shape index (κ1) is 28.7. The summed E-state index contributed by atoms with van der Waals surface area (Å²) < 4.78 is 31.6. The molecule has 1 aliphatic heterocycles. The Morgan fingerprint density at radius 1 is 1.08 bits per heavy atom. The van der Waals surface area contributed by atoms with Crippen LogP contribution in [0.4, 0.5) is 8.78 Å². The molecule has 1 aliphatic rings. The molecule has 4 N–H and O–H groups in total. The average molecular weight is 500 g/mol. The Balaban J connectivity index is 0.00000222. The Kier molecular flexibility index (Phi) is 10.7. The molecule has 0 aromatic heterocycles. The van der Waals surface area contributed by atoms with Crippen molar-refractivity contribution in [2.45, 2.75) is 31.5 Å². The number of carbonyl (C=O) groups excluding carboxylic acids is 1. The maximum atomic E-state index is 13.1. The number of alkyl halides is 2. The summed E-state index contributed by atoms with van der Waals surface area (Å²) >= 11 is 0. The second-order valence-electron chi connectivity index (χ2n) is 8.32. The Bertz CT molecular complexity index is 1070. The molecular weight excluding hydrogens is 468 g/mol. The van der Waals surface area contributed by atoms with Gasteiger partial charge in [0, 0.05) is 36.3 Å². The Morgan fingerprint density at radius 3 is 2.06 bits per heavy atom. The summed E-state index contributed by atoms with van der Waals surface area (Å²) in [4.78, 5) is 26.1. The standard InChI is InChI=1S/C25H27F2N3O4.C2H4/c1-25(28,24(26)27)21(23(32)33)29-22(31)20-10-8-18(9-11-20)3-2-17-4-6-19(7-5-17)16-30-12-14-34-15-13-30;1-2/h4-11,21,24H,12-16,28H2,1H3,(H,29,31)(H,32,33);1-2H2. The summed E-state index contributed by atoms with van der Waals surface area (Å²) in [7, 11) is 0. The molecule has 0 aliphatic carbocycles. The summed E-state index contributed by atoms with van der Waals surface area (Å²) in [5.74, 6) is 3.60. The van der Waals surface area contributed by atoms with Gasteiger partial charge >= 0.3 is 5.97 Å². The molecule has 1 amide bonds. The van der Waals surface area contributed by atoms with Crippen molar-refractivity contribution in [2.75, 3.05) is 26.3 Å². The molecule has 2 aromatic rings. The maximum absolute atomic E-state index is 13.1. The van der Waals surface area contributed by atoms with Crippen molar-refractivity contribution in [1.82, 2.24) is 10.2 Å². The van der Waals surface area contributed by atoms with Gasteiger partial charge < -0.3 is 20.9 Å². The fraction of sp³-hybridized carbons (Fsp3) is 0.333. The van der Waals surface area contributed by atoms with E-state index in [1.54, 1.807) is 12.1 Å². The first-order valence-corrected chi connectivity index (χ1v) is 11.3. The first-order chi connectivity index (χ1) is 17.2. The molecule has 0 bridgehead atoms. The lowest BCUT2D eigenvalue weighted by molar-refractivity contribution is -0.143. The molecule has 7 nitrogen and oxygen atoms in total. The van der Waals surface area contributed by atoms with Crippen molar-refractivity contribution in [3.63, 3.8) is 0 Å². The normalized spacial score (nSPS) is 15.9. The van der Waals surface area contributed by atoms with Crippen LogP contribution in [0.25, 0.3) is 0 Å². The Labute approximate surface area is 209 Å². The zero-order valence-electron chi connectivity index (χ0n) is 20.2. The first-order valence-electron chi connectivity index (χ1n) is 11.3. The highest BCUT2D eigenvalue weighted by atomic mass is 19.3. The van der Waals surface area contributed by atoms with Crippen LogP contribution >= 0.6 is 0 Å². The molecule has 0 radical (unpaired) electrons. The summed E-state index contributed by atoms with van der Waals surface area (Å²) in [6, 6.07) is 12.1. The number of aliphatic carboxylic acids is 1. The van der Waals surface area contributed by atoms with Crippen LogP contribution in [0.3, 0.4) is 0 Å². The van der Waals surface area contributed by atoms with Crippen molar-refractivity contribution in [3.05, 3.63) is 83.9 Å². The van der Waals surface area contributed by atoms with Crippen molar-refractivity contribution in [3.8, 4) is 11.8 Å².